The van der Waals surface area contributed by atoms with E-state index < -0.39 is 0 Å². The van der Waals surface area contributed by atoms with Gasteiger partial charge in [0.15, 0.2) is 6.29 Å². The Balaban J connectivity index is 1.67. The normalized spacial score (nSPS) is 32.0. The molecule has 0 bridgehead atoms. The molecule has 126 valence electrons. The standard InChI is InChI=1S/C18H30O4/c19-12-6-3-1-2-4-8-15-10-11-17(16(15)14-20)22-18-9-5-7-13-21-18/h12,14-18H,1-11,13H2/t15-,16+,17+,18?/m0/s1. The van der Waals surface area contributed by atoms with Crippen LogP contribution < -0.4 is 0 Å². The van der Waals surface area contributed by atoms with Crippen molar-refractivity contribution in [2.75, 3.05) is 6.61 Å². The second-order valence-electron chi connectivity index (χ2n) is 6.68. The molecule has 0 aromatic rings. The van der Waals surface area contributed by atoms with Gasteiger partial charge >= 0.3 is 0 Å². The van der Waals surface area contributed by atoms with Crippen molar-refractivity contribution in [3.63, 3.8) is 0 Å². The summed E-state index contributed by atoms with van der Waals surface area (Å²) in [5, 5.41) is 0. The molecule has 0 spiro atoms. The van der Waals surface area contributed by atoms with Gasteiger partial charge in [0, 0.05) is 18.9 Å². The zero-order chi connectivity index (χ0) is 15.6. The van der Waals surface area contributed by atoms with E-state index in [-0.39, 0.29) is 18.3 Å². The lowest BCUT2D eigenvalue weighted by molar-refractivity contribution is -0.194. The smallest absolute Gasteiger partial charge is 0.157 e. The summed E-state index contributed by atoms with van der Waals surface area (Å²) in [6, 6.07) is 0. The molecule has 0 aromatic heterocycles. The first-order valence-electron chi connectivity index (χ1n) is 9.01. The largest absolute Gasteiger partial charge is 0.353 e. The number of unbranched alkanes of at least 4 members (excludes halogenated alkanes) is 4. The number of aldehydes is 2. The fourth-order valence-electron chi connectivity index (χ4n) is 3.76. The Morgan fingerprint density at radius 3 is 2.59 bits per heavy atom. The molecular formula is C18H30O4. The van der Waals surface area contributed by atoms with Gasteiger partial charge in [-0.3, -0.25) is 0 Å². The van der Waals surface area contributed by atoms with Crippen LogP contribution in [-0.4, -0.2) is 31.6 Å². The van der Waals surface area contributed by atoms with Crippen molar-refractivity contribution >= 4 is 12.6 Å². The van der Waals surface area contributed by atoms with E-state index in [1.54, 1.807) is 0 Å². The van der Waals surface area contributed by atoms with Crippen molar-refractivity contribution in [3.8, 4) is 0 Å². The number of carbonyl (C=O) groups is 2. The Kier molecular flexibility index (Phi) is 8.10. The van der Waals surface area contributed by atoms with Crippen LogP contribution in [0.15, 0.2) is 0 Å². The zero-order valence-corrected chi connectivity index (χ0v) is 13.6. The van der Waals surface area contributed by atoms with Crippen LogP contribution in [0, 0.1) is 11.8 Å². The summed E-state index contributed by atoms with van der Waals surface area (Å²) in [5.74, 6) is 0.512. The van der Waals surface area contributed by atoms with Crippen LogP contribution in [0.25, 0.3) is 0 Å². The van der Waals surface area contributed by atoms with Crippen LogP contribution in [0.4, 0.5) is 0 Å². The summed E-state index contributed by atoms with van der Waals surface area (Å²) >= 11 is 0. The highest BCUT2D eigenvalue weighted by atomic mass is 16.7. The van der Waals surface area contributed by atoms with Crippen molar-refractivity contribution in [2.45, 2.75) is 83.0 Å². The average molecular weight is 310 g/mol. The molecule has 0 N–H and O–H groups in total. The molecule has 0 aromatic carbocycles. The van der Waals surface area contributed by atoms with Crippen LogP contribution in [0.3, 0.4) is 0 Å². The highest BCUT2D eigenvalue weighted by molar-refractivity contribution is 5.55. The fraction of sp³-hybridized carbons (Fsp3) is 0.889. The number of rotatable bonds is 10. The van der Waals surface area contributed by atoms with Gasteiger partial charge in [-0.2, -0.15) is 0 Å². The summed E-state index contributed by atoms with van der Waals surface area (Å²) in [4.78, 5) is 21.7. The van der Waals surface area contributed by atoms with E-state index in [9.17, 15) is 9.59 Å². The SMILES string of the molecule is O=CCCCCCC[C@H]1CC[C@@H](OC2CCCCO2)[C@@H]1C=O. The molecule has 2 rings (SSSR count). The summed E-state index contributed by atoms with van der Waals surface area (Å²) < 4.78 is 11.7. The van der Waals surface area contributed by atoms with Crippen molar-refractivity contribution in [1.29, 1.82) is 0 Å². The first kappa shape index (κ1) is 17.6. The highest BCUT2D eigenvalue weighted by Gasteiger charge is 2.37. The van der Waals surface area contributed by atoms with Crippen LogP contribution in [0.5, 0.6) is 0 Å². The molecule has 0 radical (unpaired) electrons. The van der Waals surface area contributed by atoms with Gasteiger partial charge in [-0.25, -0.2) is 0 Å². The Morgan fingerprint density at radius 2 is 1.86 bits per heavy atom. The average Bonchev–Trinajstić information content (AvgIpc) is 2.93. The molecule has 0 amide bonds. The third-order valence-electron chi connectivity index (χ3n) is 5.06. The first-order valence-corrected chi connectivity index (χ1v) is 9.01. The van der Waals surface area contributed by atoms with E-state index in [0.29, 0.717) is 12.3 Å². The molecule has 4 heteroatoms. The van der Waals surface area contributed by atoms with Crippen molar-refractivity contribution in [1.82, 2.24) is 0 Å². The number of ether oxygens (including phenoxy) is 2. The van der Waals surface area contributed by atoms with E-state index in [2.05, 4.69) is 0 Å². The zero-order valence-electron chi connectivity index (χ0n) is 13.6. The van der Waals surface area contributed by atoms with E-state index in [1.165, 1.54) is 0 Å². The van der Waals surface area contributed by atoms with Crippen LogP contribution in [0.2, 0.25) is 0 Å². The molecule has 1 unspecified atom stereocenters. The minimum atomic E-state index is -0.0942. The van der Waals surface area contributed by atoms with Gasteiger partial charge in [0.25, 0.3) is 0 Å². The molecule has 4 atom stereocenters. The van der Waals surface area contributed by atoms with E-state index in [4.69, 9.17) is 9.47 Å². The number of hydrogen-bond acceptors (Lipinski definition) is 4. The van der Waals surface area contributed by atoms with E-state index in [1.807, 2.05) is 0 Å². The topological polar surface area (TPSA) is 52.6 Å². The maximum absolute atomic E-state index is 11.5. The Labute approximate surface area is 133 Å². The molecule has 1 aliphatic carbocycles. The molecule has 1 saturated carbocycles. The Hall–Kier alpha value is -0.740. The quantitative estimate of drug-likeness (QED) is 0.456. The minimum absolute atomic E-state index is 0.0421. The van der Waals surface area contributed by atoms with Crippen molar-refractivity contribution < 1.29 is 19.1 Å². The van der Waals surface area contributed by atoms with Crippen molar-refractivity contribution in [3.05, 3.63) is 0 Å². The van der Waals surface area contributed by atoms with Crippen LogP contribution in [0.1, 0.15) is 70.6 Å². The maximum Gasteiger partial charge on any atom is 0.157 e. The van der Waals surface area contributed by atoms with E-state index in [0.717, 1.165) is 83.4 Å². The lowest BCUT2D eigenvalue weighted by Gasteiger charge is -2.28. The van der Waals surface area contributed by atoms with Gasteiger partial charge in [-0.05, 0) is 50.9 Å². The second kappa shape index (κ2) is 10.1. The monoisotopic (exact) mass is 310 g/mol. The van der Waals surface area contributed by atoms with Crippen LogP contribution in [-0.2, 0) is 19.1 Å². The van der Waals surface area contributed by atoms with Gasteiger partial charge in [-0.1, -0.05) is 19.3 Å². The molecule has 4 nitrogen and oxygen atoms in total. The molecule has 2 aliphatic rings. The molecule has 2 fully saturated rings. The Morgan fingerprint density at radius 1 is 1.00 bits per heavy atom. The first-order chi connectivity index (χ1) is 10.8. The van der Waals surface area contributed by atoms with Gasteiger partial charge in [0.2, 0.25) is 0 Å². The third-order valence-corrected chi connectivity index (χ3v) is 5.06. The second-order valence-corrected chi connectivity index (χ2v) is 6.68. The van der Waals surface area contributed by atoms with Gasteiger partial charge in [0.1, 0.15) is 12.6 Å². The molecule has 1 saturated heterocycles. The lowest BCUT2D eigenvalue weighted by Crippen LogP contribution is -2.32. The Bertz CT molecular complexity index is 325. The van der Waals surface area contributed by atoms with Gasteiger partial charge in [0.05, 0.1) is 6.10 Å². The minimum Gasteiger partial charge on any atom is -0.353 e. The van der Waals surface area contributed by atoms with Crippen molar-refractivity contribution in [2.24, 2.45) is 11.8 Å². The predicted octanol–water partition coefficient (Wildman–Crippen LogP) is 3.66. The summed E-state index contributed by atoms with van der Waals surface area (Å²) in [7, 11) is 0. The molecule has 1 heterocycles. The molecule has 22 heavy (non-hydrogen) atoms. The summed E-state index contributed by atoms with van der Waals surface area (Å²) in [5.41, 5.74) is 0. The molecular weight excluding hydrogens is 280 g/mol. The summed E-state index contributed by atoms with van der Waals surface area (Å²) in [6.07, 6.45) is 13.6. The van der Waals surface area contributed by atoms with E-state index >= 15 is 0 Å². The predicted molar refractivity (Wildman–Crippen MR) is 84.5 cm³/mol. The molecule has 1 aliphatic heterocycles. The lowest BCUT2D eigenvalue weighted by atomic mass is 9.90. The van der Waals surface area contributed by atoms with Crippen LogP contribution >= 0.6 is 0 Å². The van der Waals surface area contributed by atoms with Gasteiger partial charge < -0.3 is 19.1 Å². The highest BCUT2D eigenvalue weighted by Crippen LogP contribution is 2.37. The number of hydrogen-bond donors (Lipinski definition) is 0. The maximum atomic E-state index is 11.5. The third kappa shape index (κ3) is 5.47. The fourth-order valence-corrected chi connectivity index (χ4v) is 3.76. The van der Waals surface area contributed by atoms with Gasteiger partial charge in [-0.15, -0.1) is 0 Å². The number of carbonyl (C=O) groups excluding carboxylic acids is 2. The summed E-state index contributed by atoms with van der Waals surface area (Å²) in [6.45, 7) is 0.785.